The van der Waals surface area contributed by atoms with E-state index in [4.69, 9.17) is 16.3 Å². The maximum Gasteiger partial charge on any atom is 0.329 e. The van der Waals surface area contributed by atoms with Gasteiger partial charge in [0.15, 0.2) is 0 Å². The fraction of sp³-hybridized carbons (Fsp3) is 0.471. The van der Waals surface area contributed by atoms with Crippen molar-refractivity contribution in [1.29, 1.82) is 0 Å². The van der Waals surface area contributed by atoms with Crippen LogP contribution < -0.4 is 10.1 Å². The van der Waals surface area contributed by atoms with Crippen LogP contribution in [0.3, 0.4) is 0 Å². The third-order valence-corrected chi connectivity index (χ3v) is 10.2. The molecule has 1 spiro atoms. The molecule has 1 fully saturated rings. The number of rotatable bonds is 8. The van der Waals surface area contributed by atoms with Gasteiger partial charge in [0.1, 0.15) is 24.1 Å². The molecule has 5 nitrogen and oxygen atoms in total. The van der Waals surface area contributed by atoms with E-state index in [1.165, 1.54) is 11.1 Å². The number of aromatic nitrogens is 1. The molecule has 2 N–H and O–H groups in total. The topological polar surface area (TPSA) is 71.5 Å². The monoisotopic (exact) mass is 576 g/mol. The number of fused-ring (bicyclic) bond motifs is 3. The number of pyridine rings is 1. The van der Waals surface area contributed by atoms with Gasteiger partial charge in [-0.25, -0.2) is 9.18 Å². The van der Waals surface area contributed by atoms with Gasteiger partial charge in [-0.3, -0.25) is 4.98 Å². The Hall–Kier alpha value is -3.12. The molecule has 216 valence electrons. The maximum atomic E-state index is 15.8. The number of nitrogens with zero attached hydrogens (tertiary/aromatic N) is 1. The maximum absolute atomic E-state index is 15.8. The summed E-state index contributed by atoms with van der Waals surface area (Å²) >= 11 is 6.18. The number of carbonyl (C=O) groups is 1. The van der Waals surface area contributed by atoms with Crippen LogP contribution in [0.15, 0.2) is 60.8 Å². The summed E-state index contributed by atoms with van der Waals surface area (Å²) < 4.78 is 21.9. The molecule has 3 aliphatic rings. The Labute approximate surface area is 246 Å². The number of aryl methyl sites for hydroxylation is 1. The molecule has 0 amide bonds. The summed E-state index contributed by atoms with van der Waals surface area (Å²) in [5.41, 5.74) is 4.10. The van der Waals surface area contributed by atoms with E-state index in [-0.39, 0.29) is 17.9 Å². The van der Waals surface area contributed by atoms with Crippen molar-refractivity contribution in [3.8, 4) is 5.75 Å². The van der Waals surface area contributed by atoms with Gasteiger partial charge in [-0.05, 0) is 110 Å². The summed E-state index contributed by atoms with van der Waals surface area (Å²) in [4.78, 5) is 17.2. The van der Waals surface area contributed by atoms with Crippen molar-refractivity contribution in [2.45, 2.75) is 87.8 Å². The number of hydrogen-bond donors (Lipinski definition) is 2. The number of benzene rings is 2. The minimum atomic E-state index is -1.12. The van der Waals surface area contributed by atoms with Crippen LogP contribution in [0, 0.1) is 5.92 Å². The molecule has 1 saturated carbocycles. The fourth-order valence-electron chi connectivity index (χ4n) is 7.83. The second-order valence-corrected chi connectivity index (χ2v) is 12.8. The number of nitrogens with one attached hydrogen (secondary N) is 1. The third-order valence-electron chi connectivity index (χ3n) is 9.95. The number of ether oxygens (including phenoxy) is 1. The smallest absolute Gasteiger partial charge is 0.329 e. The summed E-state index contributed by atoms with van der Waals surface area (Å²) in [6.07, 6.45) is 7.28. The van der Waals surface area contributed by atoms with Crippen molar-refractivity contribution in [3.63, 3.8) is 0 Å². The fourth-order valence-corrected chi connectivity index (χ4v) is 8.03. The first-order valence-electron chi connectivity index (χ1n) is 14.9. The Bertz CT molecular complexity index is 1420. The van der Waals surface area contributed by atoms with Crippen molar-refractivity contribution >= 4 is 23.3 Å². The lowest BCUT2D eigenvalue weighted by Gasteiger charge is -2.47. The summed E-state index contributed by atoms with van der Waals surface area (Å²) in [6, 6.07) is 17.5. The van der Waals surface area contributed by atoms with E-state index in [9.17, 15) is 9.90 Å². The molecule has 7 heteroatoms. The van der Waals surface area contributed by atoms with E-state index in [1.807, 2.05) is 24.3 Å². The van der Waals surface area contributed by atoms with Gasteiger partial charge in [-0.1, -0.05) is 48.9 Å². The molecule has 1 aromatic heterocycles. The van der Waals surface area contributed by atoms with E-state index >= 15 is 4.39 Å². The SMILES string of the molecule is C[C@@H]1CCCc2nccc(OC[C@H](F)CC3Cc4ccccc4C34CCC(Nc3cccc(Cl)c3)(C(=O)O)CC4)c21. The van der Waals surface area contributed by atoms with Crippen LogP contribution in [0.5, 0.6) is 5.75 Å². The van der Waals surface area contributed by atoms with Crippen molar-refractivity contribution in [2.75, 3.05) is 11.9 Å². The highest BCUT2D eigenvalue weighted by Crippen LogP contribution is 2.56. The minimum absolute atomic E-state index is 0.0154. The Morgan fingerprint density at radius 3 is 2.76 bits per heavy atom. The van der Waals surface area contributed by atoms with Crippen LogP contribution in [0.2, 0.25) is 5.02 Å². The standard InChI is InChI=1S/C34H38ClFN2O3/c1-22-6-4-11-29-31(22)30(12-17-37-29)41-21-26(36)19-24-18-23-7-2-3-10-28(23)33(24)13-15-34(16-14-33,32(39)40)38-27-9-5-8-25(35)20-27/h2-3,5,7-10,12,17,20,22,24,26,38H,4,6,11,13-16,18-19,21H2,1H3,(H,39,40)/t22-,24?,26-,33?,34?/m1/s1. The molecule has 1 unspecified atom stereocenters. The first-order chi connectivity index (χ1) is 19.8. The van der Waals surface area contributed by atoms with Crippen molar-refractivity contribution in [2.24, 2.45) is 5.92 Å². The number of carboxylic acids is 1. The zero-order valence-corrected chi connectivity index (χ0v) is 24.3. The zero-order chi connectivity index (χ0) is 28.6. The van der Waals surface area contributed by atoms with Gasteiger partial charge in [0.25, 0.3) is 0 Å². The van der Waals surface area contributed by atoms with Gasteiger partial charge in [-0.15, -0.1) is 0 Å². The predicted octanol–water partition coefficient (Wildman–Crippen LogP) is 7.90. The molecule has 2 aromatic carbocycles. The number of aliphatic carboxylic acids is 1. The second-order valence-electron chi connectivity index (χ2n) is 12.3. The van der Waals surface area contributed by atoms with Crippen LogP contribution in [0.4, 0.5) is 10.1 Å². The van der Waals surface area contributed by atoms with E-state index in [0.717, 1.165) is 42.7 Å². The number of anilines is 1. The molecular weight excluding hydrogens is 539 g/mol. The van der Waals surface area contributed by atoms with Crippen molar-refractivity contribution in [1.82, 2.24) is 4.98 Å². The quantitative estimate of drug-likeness (QED) is 0.285. The Morgan fingerprint density at radius 2 is 1.98 bits per heavy atom. The van der Waals surface area contributed by atoms with Crippen LogP contribution in [0.1, 0.15) is 80.2 Å². The minimum Gasteiger partial charge on any atom is -0.490 e. The van der Waals surface area contributed by atoms with Gasteiger partial charge in [0.2, 0.25) is 0 Å². The summed E-state index contributed by atoms with van der Waals surface area (Å²) in [5.74, 6) is 0.360. The van der Waals surface area contributed by atoms with Crippen LogP contribution >= 0.6 is 11.6 Å². The largest absolute Gasteiger partial charge is 0.490 e. The van der Waals surface area contributed by atoms with Crippen LogP contribution in [-0.2, 0) is 23.1 Å². The molecule has 0 aliphatic heterocycles. The lowest BCUT2D eigenvalue weighted by Crippen LogP contribution is -2.53. The average molecular weight is 577 g/mol. The molecule has 3 aliphatic carbocycles. The van der Waals surface area contributed by atoms with Gasteiger partial charge in [0.05, 0.1) is 0 Å². The number of hydrogen-bond acceptors (Lipinski definition) is 4. The van der Waals surface area contributed by atoms with Crippen LogP contribution in [-0.4, -0.2) is 34.4 Å². The molecule has 41 heavy (non-hydrogen) atoms. The molecule has 3 atom stereocenters. The second kappa shape index (κ2) is 11.3. The van der Waals surface area contributed by atoms with Gasteiger partial charge in [-0.2, -0.15) is 0 Å². The van der Waals surface area contributed by atoms with E-state index in [2.05, 4.69) is 35.4 Å². The van der Waals surface area contributed by atoms with Crippen molar-refractivity contribution in [3.05, 3.63) is 88.2 Å². The van der Waals surface area contributed by atoms with Gasteiger partial charge < -0.3 is 15.2 Å². The highest BCUT2D eigenvalue weighted by molar-refractivity contribution is 6.30. The summed E-state index contributed by atoms with van der Waals surface area (Å²) in [5, 5.41) is 14.2. The molecule has 6 rings (SSSR count). The van der Waals surface area contributed by atoms with Crippen LogP contribution in [0.25, 0.3) is 0 Å². The molecule has 0 radical (unpaired) electrons. The lowest BCUT2D eigenvalue weighted by atomic mass is 9.60. The third kappa shape index (κ3) is 5.31. The number of alkyl halides is 1. The highest BCUT2D eigenvalue weighted by Gasteiger charge is 2.54. The molecule has 0 bridgehead atoms. The number of carboxylic acid groups (broad SMARTS) is 1. The van der Waals surface area contributed by atoms with Crippen molar-refractivity contribution < 1.29 is 19.0 Å². The predicted molar refractivity (Wildman–Crippen MR) is 160 cm³/mol. The molecular formula is C34H38ClFN2O3. The normalized spacial score (nSPS) is 27.6. The summed E-state index contributed by atoms with van der Waals surface area (Å²) in [7, 11) is 0. The molecule has 0 saturated heterocycles. The highest BCUT2D eigenvalue weighted by atomic mass is 35.5. The Kier molecular flexibility index (Phi) is 7.71. The number of halogens is 2. The van der Waals surface area contributed by atoms with Gasteiger partial charge >= 0.3 is 5.97 Å². The Balaban J connectivity index is 1.19. The van der Waals surface area contributed by atoms with E-state index in [0.29, 0.717) is 48.7 Å². The van der Waals surface area contributed by atoms with Gasteiger partial charge in [0, 0.05) is 28.2 Å². The van der Waals surface area contributed by atoms with E-state index < -0.39 is 17.7 Å². The Morgan fingerprint density at radius 1 is 1.17 bits per heavy atom. The molecule has 1 heterocycles. The molecule has 3 aromatic rings. The average Bonchev–Trinajstić information content (AvgIpc) is 3.25. The lowest BCUT2D eigenvalue weighted by molar-refractivity contribution is -0.144. The first kappa shape index (κ1) is 28.0. The summed E-state index contributed by atoms with van der Waals surface area (Å²) in [6.45, 7) is 2.21. The zero-order valence-electron chi connectivity index (χ0n) is 23.5. The first-order valence-corrected chi connectivity index (χ1v) is 15.3. The van der Waals surface area contributed by atoms with E-state index in [1.54, 1.807) is 18.3 Å².